The van der Waals surface area contributed by atoms with E-state index in [1.165, 1.54) is 4.68 Å². The number of pyridine rings is 1. The Bertz CT molecular complexity index is 1300. The number of rotatable bonds is 6. The predicted molar refractivity (Wildman–Crippen MR) is 116 cm³/mol. The SMILES string of the molecule is CNC(C)c1ccc(S(=O)(=O)Nc2ccc(Cl)cc2-n2nnc3ncccc32)cc1. The standard InChI is InChI=1S/C20H19ClN6O2S/c1-13(22-2)14-5-8-16(9-6-14)30(28,29)25-17-10-7-15(21)12-19(17)27-18-4-3-11-23-20(18)24-26-27/h3-13,22,25H,1-2H3. The number of fused-ring (bicyclic) bond motifs is 1. The lowest BCUT2D eigenvalue weighted by molar-refractivity contribution is 0.600. The highest BCUT2D eigenvalue weighted by atomic mass is 35.5. The van der Waals surface area contributed by atoms with E-state index in [1.807, 2.05) is 14.0 Å². The summed E-state index contributed by atoms with van der Waals surface area (Å²) in [5, 5.41) is 11.7. The molecule has 4 rings (SSSR count). The maximum absolute atomic E-state index is 13.0. The Morgan fingerprint density at radius 2 is 1.87 bits per heavy atom. The Hall–Kier alpha value is -3.01. The van der Waals surface area contributed by atoms with Gasteiger partial charge in [-0.25, -0.2) is 18.1 Å². The van der Waals surface area contributed by atoms with Crippen LogP contribution in [0, 0.1) is 0 Å². The fourth-order valence-electron chi connectivity index (χ4n) is 3.02. The molecule has 0 aliphatic carbocycles. The van der Waals surface area contributed by atoms with Gasteiger partial charge in [0.1, 0.15) is 5.52 Å². The van der Waals surface area contributed by atoms with Crippen molar-refractivity contribution in [3.63, 3.8) is 0 Å². The summed E-state index contributed by atoms with van der Waals surface area (Å²) in [6.45, 7) is 2.00. The van der Waals surface area contributed by atoms with E-state index in [-0.39, 0.29) is 10.9 Å². The maximum Gasteiger partial charge on any atom is 0.261 e. The van der Waals surface area contributed by atoms with E-state index < -0.39 is 10.0 Å². The molecule has 0 aliphatic heterocycles. The summed E-state index contributed by atoms with van der Waals surface area (Å²) < 4.78 is 30.1. The lowest BCUT2D eigenvalue weighted by Crippen LogP contribution is -2.16. The lowest BCUT2D eigenvalue weighted by Gasteiger charge is -2.14. The van der Waals surface area contributed by atoms with Crippen LogP contribution >= 0.6 is 11.6 Å². The van der Waals surface area contributed by atoms with Gasteiger partial charge in [0.15, 0.2) is 0 Å². The van der Waals surface area contributed by atoms with Gasteiger partial charge in [-0.05, 0) is 62.0 Å². The van der Waals surface area contributed by atoms with Crippen molar-refractivity contribution in [2.45, 2.75) is 17.9 Å². The fourth-order valence-corrected chi connectivity index (χ4v) is 4.26. The Morgan fingerprint density at radius 1 is 1.10 bits per heavy atom. The van der Waals surface area contributed by atoms with Crippen molar-refractivity contribution in [1.29, 1.82) is 0 Å². The van der Waals surface area contributed by atoms with Crippen molar-refractivity contribution in [3.8, 4) is 5.69 Å². The highest BCUT2D eigenvalue weighted by Gasteiger charge is 2.19. The second-order valence-corrected chi connectivity index (χ2v) is 8.81. The third-order valence-corrected chi connectivity index (χ3v) is 6.40. The summed E-state index contributed by atoms with van der Waals surface area (Å²) >= 11 is 6.17. The topological polar surface area (TPSA) is 102 Å². The third-order valence-electron chi connectivity index (χ3n) is 4.78. The van der Waals surface area contributed by atoms with Crippen LogP contribution in [-0.4, -0.2) is 35.4 Å². The minimum absolute atomic E-state index is 0.117. The molecule has 2 aromatic carbocycles. The van der Waals surface area contributed by atoms with E-state index in [9.17, 15) is 8.42 Å². The van der Waals surface area contributed by atoms with Crippen LogP contribution < -0.4 is 10.0 Å². The van der Waals surface area contributed by atoms with Crippen LogP contribution in [0.2, 0.25) is 5.02 Å². The number of hydrogen-bond donors (Lipinski definition) is 2. The van der Waals surface area contributed by atoms with Gasteiger partial charge in [0, 0.05) is 17.3 Å². The predicted octanol–water partition coefficient (Wildman–Crippen LogP) is 3.55. The van der Waals surface area contributed by atoms with Crippen LogP contribution in [-0.2, 0) is 10.0 Å². The first kappa shape index (κ1) is 20.3. The molecular formula is C20H19ClN6O2S. The molecule has 0 saturated carbocycles. The first-order valence-corrected chi connectivity index (χ1v) is 11.0. The van der Waals surface area contributed by atoms with Gasteiger partial charge in [-0.2, -0.15) is 0 Å². The molecule has 4 aromatic rings. The summed E-state index contributed by atoms with van der Waals surface area (Å²) in [4.78, 5) is 4.31. The molecule has 0 spiro atoms. The van der Waals surface area contributed by atoms with Gasteiger partial charge in [-0.1, -0.05) is 28.9 Å². The van der Waals surface area contributed by atoms with Gasteiger partial charge in [0.05, 0.1) is 16.3 Å². The number of sulfonamides is 1. The summed E-state index contributed by atoms with van der Waals surface area (Å²) in [6.07, 6.45) is 1.61. The molecule has 0 radical (unpaired) electrons. The van der Waals surface area contributed by atoms with Crippen molar-refractivity contribution in [3.05, 3.63) is 71.4 Å². The molecule has 2 heterocycles. The molecule has 0 amide bonds. The smallest absolute Gasteiger partial charge is 0.261 e. The normalized spacial score (nSPS) is 12.8. The molecule has 8 nitrogen and oxygen atoms in total. The Kier molecular flexibility index (Phi) is 5.42. The van der Waals surface area contributed by atoms with Gasteiger partial charge in [0.25, 0.3) is 10.0 Å². The first-order valence-electron chi connectivity index (χ1n) is 9.15. The molecule has 0 aliphatic rings. The number of hydrogen-bond acceptors (Lipinski definition) is 6. The van der Waals surface area contributed by atoms with Gasteiger partial charge in [-0.15, -0.1) is 5.10 Å². The van der Waals surface area contributed by atoms with Crippen LogP contribution in [0.1, 0.15) is 18.5 Å². The summed E-state index contributed by atoms with van der Waals surface area (Å²) in [5.74, 6) is 0. The molecule has 1 atom stereocenters. The molecule has 10 heteroatoms. The number of halogens is 1. The Morgan fingerprint density at radius 3 is 2.60 bits per heavy atom. The molecule has 2 N–H and O–H groups in total. The Balaban J connectivity index is 1.73. The monoisotopic (exact) mass is 442 g/mol. The molecule has 30 heavy (non-hydrogen) atoms. The van der Waals surface area contributed by atoms with E-state index in [4.69, 9.17) is 11.6 Å². The maximum atomic E-state index is 13.0. The number of benzene rings is 2. The third kappa shape index (κ3) is 3.87. The zero-order valence-electron chi connectivity index (χ0n) is 16.2. The van der Waals surface area contributed by atoms with Crippen molar-refractivity contribution in [1.82, 2.24) is 25.3 Å². The number of nitrogens with one attached hydrogen (secondary N) is 2. The molecular weight excluding hydrogens is 424 g/mol. The average molecular weight is 443 g/mol. The quantitative estimate of drug-likeness (QED) is 0.473. The van der Waals surface area contributed by atoms with E-state index in [1.54, 1.807) is 60.8 Å². The second kappa shape index (κ2) is 8.02. The van der Waals surface area contributed by atoms with E-state index in [0.29, 0.717) is 27.6 Å². The number of anilines is 1. The van der Waals surface area contributed by atoms with Gasteiger partial charge in [0.2, 0.25) is 5.65 Å². The average Bonchev–Trinajstić information content (AvgIpc) is 3.18. The summed E-state index contributed by atoms with van der Waals surface area (Å²) in [7, 11) is -1.98. The minimum Gasteiger partial charge on any atom is -0.313 e. The van der Waals surface area contributed by atoms with Gasteiger partial charge in [-0.3, -0.25) is 4.72 Å². The summed E-state index contributed by atoms with van der Waals surface area (Å²) in [6, 6.07) is 15.2. The second-order valence-electron chi connectivity index (χ2n) is 6.69. The molecule has 0 bridgehead atoms. The zero-order chi connectivity index (χ0) is 21.3. The largest absolute Gasteiger partial charge is 0.313 e. The molecule has 0 fully saturated rings. The van der Waals surface area contributed by atoms with E-state index >= 15 is 0 Å². The van der Waals surface area contributed by atoms with Gasteiger partial charge >= 0.3 is 0 Å². The number of nitrogens with zero attached hydrogens (tertiary/aromatic N) is 4. The lowest BCUT2D eigenvalue weighted by atomic mass is 10.1. The number of aromatic nitrogens is 4. The molecule has 1 unspecified atom stereocenters. The van der Waals surface area contributed by atoms with Crippen molar-refractivity contribution >= 4 is 38.5 Å². The van der Waals surface area contributed by atoms with Crippen molar-refractivity contribution in [2.24, 2.45) is 0 Å². The fraction of sp³-hybridized carbons (Fsp3) is 0.150. The zero-order valence-corrected chi connectivity index (χ0v) is 17.8. The van der Waals surface area contributed by atoms with Crippen molar-refractivity contribution in [2.75, 3.05) is 11.8 Å². The Labute approximate surface area is 179 Å². The first-order chi connectivity index (χ1) is 14.4. The molecule has 0 saturated heterocycles. The van der Waals surface area contributed by atoms with Crippen LogP contribution in [0.15, 0.2) is 65.7 Å². The van der Waals surface area contributed by atoms with Crippen molar-refractivity contribution < 1.29 is 8.42 Å². The molecule has 154 valence electrons. The summed E-state index contributed by atoms with van der Waals surface area (Å²) in [5.41, 5.74) is 2.83. The van der Waals surface area contributed by atoms with Crippen LogP contribution in [0.5, 0.6) is 0 Å². The minimum atomic E-state index is -3.83. The van der Waals surface area contributed by atoms with E-state index in [0.717, 1.165) is 5.56 Å². The molecule has 2 aromatic heterocycles. The highest BCUT2D eigenvalue weighted by Crippen LogP contribution is 2.28. The van der Waals surface area contributed by atoms with Crippen LogP contribution in [0.3, 0.4) is 0 Å². The van der Waals surface area contributed by atoms with Gasteiger partial charge < -0.3 is 5.32 Å². The highest BCUT2D eigenvalue weighted by molar-refractivity contribution is 7.92. The van der Waals surface area contributed by atoms with Crippen LogP contribution in [0.25, 0.3) is 16.9 Å². The van der Waals surface area contributed by atoms with E-state index in [2.05, 4.69) is 25.3 Å². The van der Waals surface area contributed by atoms with Crippen LogP contribution in [0.4, 0.5) is 5.69 Å².